The molecule has 1 heterocycles. The minimum absolute atomic E-state index is 0.356. The van der Waals surface area contributed by atoms with Gasteiger partial charge in [-0.3, -0.25) is 0 Å². The summed E-state index contributed by atoms with van der Waals surface area (Å²) in [4.78, 5) is 9.93. The summed E-state index contributed by atoms with van der Waals surface area (Å²) in [5.74, 6) is 0.854. The first kappa shape index (κ1) is 9.49. The molecule has 0 aliphatic carbocycles. The van der Waals surface area contributed by atoms with Gasteiger partial charge in [0, 0.05) is 11.6 Å². The van der Waals surface area contributed by atoms with Crippen LogP contribution in [0, 0.1) is 0 Å². The van der Waals surface area contributed by atoms with Crippen molar-refractivity contribution >= 4 is 0 Å². The SMILES string of the molecule is CCNC(C)c1ccc2c(c1)OOC2. The zero-order valence-electron chi connectivity index (χ0n) is 8.54. The molecule has 3 nitrogen and oxygen atoms in total. The van der Waals surface area contributed by atoms with Gasteiger partial charge in [-0.05, 0) is 25.1 Å². The van der Waals surface area contributed by atoms with Crippen molar-refractivity contribution in [3.05, 3.63) is 29.3 Å². The Labute approximate surface area is 84.0 Å². The van der Waals surface area contributed by atoms with E-state index in [1.807, 2.05) is 6.07 Å². The monoisotopic (exact) mass is 193 g/mol. The predicted octanol–water partition coefficient (Wildman–Crippen LogP) is 2.18. The molecule has 1 N–H and O–H groups in total. The lowest BCUT2D eigenvalue weighted by atomic mass is 10.1. The molecule has 1 atom stereocenters. The van der Waals surface area contributed by atoms with Gasteiger partial charge in [0.25, 0.3) is 0 Å². The average molecular weight is 193 g/mol. The fraction of sp³-hybridized carbons (Fsp3) is 0.455. The second-order valence-electron chi connectivity index (χ2n) is 3.49. The first-order valence-electron chi connectivity index (χ1n) is 4.97. The molecular formula is C11H15NO2. The maximum Gasteiger partial charge on any atom is 0.171 e. The highest BCUT2D eigenvalue weighted by Crippen LogP contribution is 2.28. The van der Waals surface area contributed by atoms with Crippen molar-refractivity contribution in [3.8, 4) is 5.75 Å². The van der Waals surface area contributed by atoms with Crippen LogP contribution in [-0.2, 0) is 11.5 Å². The summed E-state index contributed by atoms with van der Waals surface area (Å²) in [5, 5.41) is 3.36. The molecule has 0 radical (unpaired) electrons. The first-order chi connectivity index (χ1) is 6.81. The summed E-state index contributed by atoms with van der Waals surface area (Å²) >= 11 is 0. The summed E-state index contributed by atoms with van der Waals surface area (Å²) in [6, 6.07) is 6.57. The number of rotatable bonds is 3. The molecule has 1 aromatic rings. The van der Waals surface area contributed by atoms with Gasteiger partial charge in [-0.15, -0.1) is 0 Å². The Bertz CT molecular complexity index is 325. The summed E-state index contributed by atoms with van der Waals surface area (Å²) in [7, 11) is 0. The lowest BCUT2D eigenvalue weighted by Gasteiger charge is -2.12. The Kier molecular flexibility index (Phi) is 2.70. The quantitative estimate of drug-likeness (QED) is 0.746. The maximum atomic E-state index is 5.04. The highest BCUT2D eigenvalue weighted by molar-refractivity contribution is 5.39. The van der Waals surface area contributed by atoms with E-state index in [4.69, 9.17) is 9.78 Å². The first-order valence-corrected chi connectivity index (χ1v) is 4.97. The molecule has 1 aliphatic rings. The highest BCUT2D eigenvalue weighted by atomic mass is 17.2. The molecular weight excluding hydrogens is 178 g/mol. The molecule has 0 bridgehead atoms. The van der Waals surface area contributed by atoms with Crippen LogP contribution in [0.4, 0.5) is 0 Å². The van der Waals surface area contributed by atoms with Gasteiger partial charge in [0.15, 0.2) is 5.75 Å². The second kappa shape index (κ2) is 3.98. The molecule has 0 fully saturated rings. The molecule has 3 heteroatoms. The van der Waals surface area contributed by atoms with Crippen LogP contribution in [0.15, 0.2) is 18.2 Å². The molecule has 2 rings (SSSR count). The Morgan fingerprint density at radius 2 is 2.36 bits per heavy atom. The molecule has 0 saturated carbocycles. The molecule has 1 aliphatic heterocycles. The van der Waals surface area contributed by atoms with E-state index in [2.05, 4.69) is 31.3 Å². The van der Waals surface area contributed by atoms with E-state index in [0.29, 0.717) is 12.6 Å². The van der Waals surface area contributed by atoms with Crippen LogP contribution >= 0.6 is 0 Å². The lowest BCUT2D eigenvalue weighted by Crippen LogP contribution is -2.17. The standard InChI is InChI=1S/C11H15NO2/c1-3-12-8(2)9-4-5-10-7-13-14-11(10)6-9/h4-6,8,12H,3,7H2,1-2H3. The van der Waals surface area contributed by atoms with Crippen LogP contribution in [-0.4, -0.2) is 6.54 Å². The van der Waals surface area contributed by atoms with Crippen LogP contribution < -0.4 is 10.2 Å². The number of fused-ring (bicyclic) bond motifs is 1. The zero-order valence-corrected chi connectivity index (χ0v) is 8.54. The van der Waals surface area contributed by atoms with Gasteiger partial charge in [-0.25, -0.2) is 0 Å². The Balaban J connectivity index is 2.19. The molecule has 1 unspecified atom stereocenters. The number of hydrogen-bond acceptors (Lipinski definition) is 3. The summed E-state index contributed by atoms with van der Waals surface area (Å²) < 4.78 is 0. The Hall–Kier alpha value is -1.06. The number of benzene rings is 1. The zero-order chi connectivity index (χ0) is 9.97. The van der Waals surface area contributed by atoms with Crippen molar-refractivity contribution < 1.29 is 9.78 Å². The minimum Gasteiger partial charge on any atom is -0.337 e. The minimum atomic E-state index is 0.356. The van der Waals surface area contributed by atoms with Gasteiger partial charge in [0.05, 0.1) is 0 Å². The maximum absolute atomic E-state index is 5.04. The van der Waals surface area contributed by atoms with Crippen molar-refractivity contribution in [2.75, 3.05) is 6.54 Å². The molecule has 0 spiro atoms. The third-order valence-corrected chi connectivity index (χ3v) is 2.46. The van der Waals surface area contributed by atoms with E-state index < -0.39 is 0 Å². The second-order valence-corrected chi connectivity index (χ2v) is 3.49. The summed E-state index contributed by atoms with van der Waals surface area (Å²) in [5.41, 5.74) is 2.36. The smallest absolute Gasteiger partial charge is 0.171 e. The van der Waals surface area contributed by atoms with Crippen molar-refractivity contribution in [1.29, 1.82) is 0 Å². The topological polar surface area (TPSA) is 30.5 Å². The van der Waals surface area contributed by atoms with Gasteiger partial charge in [-0.2, -0.15) is 4.89 Å². The largest absolute Gasteiger partial charge is 0.337 e. The lowest BCUT2D eigenvalue weighted by molar-refractivity contribution is -0.194. The van der Waals surface area contributed by atoms with Crippen LogP contribution in [0.25, 0.3) is 0 Å². The van der Waals surface area contributed by atoms with Gasteiger partial charge in [-0.1, -0.05) is 19.1 Å². The van der Waals surface area contributed by atoms with E-state index in [9.17, 15) is 0 Å². The normalized spacial score (nSPS) is 16.1. The molecule has 0 aromatic heterocycles. The highest BCUT2D eigenvalue weighted by Gasteiger charge is 2.15. The van der Waals surface area contributed by atoms with Gasteiger partial charge < -0.3 is 10.2 Å². The van der Waals surface area contributed by atoms with Crippen LogP contribution in [0.2, 0.25) is 0 Å². The summed E-state index contributed by atoms with van der Waals surface area (Å²) in [6.07, 6.45) is 0. The van der Waals surface area contributed by atoms with Crippen molar-refractivity contribution in [2.24, 2.45) is 0 Å². The average Bonchev–Trinajstić information content (AvgIpc) is 2.64. The van der Waals surface area contributed by atoms with E-state index in [1.54, 1.807) is 0 Å². The third kappa shape index (κ3) is 1.74. The molecule has 0 saturated heterocycles. The Morgan fingerprint density at radius 3 is 3.14 bits per heavy atom. The predicted molar refractivity (Wildman–Crippen MR) is 54.0 cm³/mol. The van der Waals surface area contributed by atoms with E-state index in [0.717, 1.165) is 17.9 Å². The van der Waals surface area contributed by atoms with Crippen LogP contribution in [0.5, 0.6) is 5.75 Å². The summed E-state index contributed by atoms with van der Waals surface area (Å²) in [6.45, 7) is 5.77. The van der Waals surface area contributed by atoms with Crippen molar-refractivity contribution in [2.45, 2.75) is 26.5 Å². The third-order valence-electron chi connectivity index (χ3n) is 2.46. The van der Waals surface area contributed by atoms with Crippen molar-refractivity contribution in [3.63, 3.8) is 0 Å². The fourth-order valence-electron chi connectivity index (χ4n) is 1.62. The van der Waals surface area contributed by atoms with Crippen molar-refractivity contribution in [1.82, 2.24) is 5.32 Å². The van der Waals surface area contributed by atoms with Gasteiger partial charge in [0.2, 0.25) is 0 Å². The molecule has 76 valence electrons. The fourth-order valence-corrected chi connectivity index (χ4v) is 1.62. The van der Waals surface area contributed by atoms with Crippen LogP contribution in [0.1, 0.15) is 31.0 Å². The molecule has 0 amide bonds. The number of nitrogens with one attached hydrogen (secondary N) is 1. The van der Waals surface area contributed by atoms with Gasteiger partial charge in [0.1, 0.15) is 6.61 Å². The Morgan fingerprint density at radius 1 is 1.50 bits per heavy atom. The van der Waals surface area contributed by atoms with E-state index in [1.165, 1.54) is 5.56 Å². The van der Waals surface area contributed by atoms with E-state index in [-0.39, 0.29) is 0 Å². The van der Waals surface area contributed by atoms with Gasteiger partial charge >= 0.3 is 0 Å². The van der Waals surface area contributed by atoms with E-state index >= 15 is 0 Å². The van der Waals surface area contributed by atoms with Crippen LogP contribution in [0.3, 0.4) is 0 Å². The molecule has 1 aromatic carbocycles. The number of hydrogen-bond donors (Lipinski definition) is 1. The molecule has 14 heavy (non-hydrogen) atoms.